The number of hydrogen-bond donors (Lipinski definition) is 2. The molecule has 2 aromatic heterocycles. The molecule has 0 unspecified atom stereocenters. The van der Waals surface area contributed by atoms with Crippen molar-refractivity contribution in [3.05, 3.63) is 143 Å². The van der Waals surface area contributed by atoms with E-state index >= 15 is 4.79 Å². The van der Waals surface area contributed by atoms with E-state index in [1.165, 1.54) is 42.5 Å². The zero-order chi connectivity index (χ0) is 36.3. The largest absolute Gasteiger partial charge is 0.368 e. The smallest absolute Gasteiger partial charge is 0.267 e. The SMILES string of the molecule is Cc1cc(C)cc(C(=O)N(C)[C@@H](Cc2ccc(-c3ccon3)cc2)C(=O)N([C@@H](Cc2c[nH]c3ccccc23)C(N)=O)S(=O)(=O)c2ccccc2)c1. The Bertz CT molecular complexity index is 2280. The number of aryl methyl sites for hydroxylation is 2. The second-order valence-corrected chi connectivity index (χ2v) is 14.3. The number of aromatic amines is 1. The van der Waals surface area contributed by atoms with Gasteiger partial charge in [0.2, 0.25) is 5.91 Å². The van der Waals surface area contributed by atoms with Crippen LogP contribution in [0.5, 0.6) is 0 Å². The minimum absolute atomic E-state index is 0.0790. The molecule has 3 N–H and O–H groups in total. The van der Waals surface area contributed by atoms with Crippen LogP contribution >= 0.6 is 0 Å². The zero-order valence-corrected chi connectivity index (χ0v) is 29.1. The summed E-state index contributed by atoms with van der Waals surface area (Å²) in [6.45, 7) is 3.72. The number of para-hydroxylation sites is 1. The van der Waals surface area contributed by atoms with E-state index in [4.69, 9.17) is 10.3 Å². The average molecular weight is 704 g/mol. The molecule has 3 amide bonds. The molecule has 6 aromatic rings. The van der Waals surface area contributed by atoms with E-state index in [1.807, 2.05) is 44.2 Å². The fourth-order valence-electron chi connectivity index (χ4n) is 6.33. The van der Waals surface area contributed by atoms with Crippen LogP contribution in [0.15, 0.2) is 125 Å². The van der Waals surface area contributed by atoms with Gasteiger partial charge >= 0.3 is 0 Å². The number of benzene rings is 4. The normalized spacial score (nSPS) is 12.7. The lowest BCUT2D eigenvalue weighted by Gasteiger charge is -2.35. The molecule has 0 radical (unpaired) electrons. The van der Waals surface area contributed by atoms with E-state index in [-0.39, 0.29) is 17.7 Å². The number of amides is 3. The number of nitrogens with one attached hydrogen (secondary N) is 1. The van der Waals surface area contributed by atoms with Gasteiger partial charge in [-0.1, -0.05) is 83.0 Å². The van der Waals surface area contributed by atoms with Gasteiger partial charge in [0.15, 0.2) is 0 Å². The molecule has 0 fully saturated rings. The second-order valence-electron chi connectivity index (χ2n) is 12.5. The number of rotatable bonds is 12. The van der Waals surface area contributed by atoms with Crippen LogP contribution in [0.4, 0.5) is 0 Å². The molecule has 12 heteroatoms. The fourth-order valence-corrected chi connectivity index (χ4v) is 7.93. The first kappa shape index (κ1) is 34.8. The number of H-pyrrole nitrogens is 1. The Morgan fingerprint density at radius 3 is 2.16 bits per heavy atom. The van der Waals surface area contributed by atoms with Gasteiger partial charge in [0.1, 0.15) is 24.0 Å². The van der Waals surface area contributed by atoms with Crippen molar-refractivity contribution in [3.63, 3.8) is 0 Å². The predicted octanol–water partition coefficient (Wildman–Crippen LogP) is 5.44. The lowest BCUT2D eigenvalue weighted by molar-refractivity contribution is -0.137. The Hall–Kier alpha value is -6.01. The molecule has 0 bridgehead atoms. The minimum atomic E-state index is -4.70. The molecule has 2 atom stereocenters. The van der Waals surface area contributed by atoms with E-state index < -0.39 is 39.8 Å². The van der Waals surface area contributed by atoms with E-state index in [1.54, 1.807) is 54.7 Å². The Kier molecular flexibility index (Phi) is 9.88. The predicted molar refractivity (Wildman–Crippen MR) is 193 cm³/mol. The maximum absolute atomic E-state index is 15.1. The topological polar surface area (TPSA) is 160 Å². The monoisotopic (exact) mass is 703 g/mol. The van der Waals surface area contributed by atoms with Gasteiger partial charge in [0.25, 0.3) is 21.8 Å². The molecule has 51 heavy (non-hydrogen) atoms. The fraction of sp³-hybridized carbons (Fsp3) is 0.179. The molecular formula is C39H37N5O6S. The Morgan fingerprint density at radius 1 is 0.843 bits per heavy atom. The summed E-state index contributed by atoms with van der Waals surface area (Å²) in [7, 11) is -3.24. The first-order valence-electron chi connectivity index (χ1n) is 16.3. The maximum atomic E-state index is 15.1. The Balaban J connectivity index is 1.47. The number of carbonyl (C=O) groups excluding carboxylic acids is 3. The number of nitrogens with zero attached hydrogens (tertiary/aromatic N) is 3. The molecule has 0 aliphatic rings. The van der Waals surface area contributed by atoms with Crippen LogP contribution < -0.4 is 5.73 Å². The summed E-state index contributed by atoms with van der Waals surface area (Å²) in [5.74, 6) is -2.50. The number of likely N-dealkylation sites (N-methyl/N-ethyl adjacent to an activating group) is 1. The summed E-state index contributed by atoms with van der Waals surface area (Å²) in [4.78, 5) is 46.8. The lowest BCUT2D eigenvalue weighted by atomic mass is 9.99. The van der Waals surface area contributed by atoms with Crippen LogP contribution in [0.3, 0.4) is 0 Å². The van der Waals surface area contributed by atoms with E-state index in [0.717, 1.165) is 27.6 Å². The summed E-state index contributed by atoms with van der Waals surface area (Å²) in [5, 5.41) is 4.72. The third-order valence-electron chi connectivity index (χ3n) is 8.88. The molecule has 2 heterocycles. The van der Waals surface area contributed by atoms with Crippen molar-refractivity contribution in [2.45, 2.75) is 43.7 Å². The molecule has 260 valence electrons. The van der Waals surface area contributed by atoms with Crippen molar-refractivity contribution in [3.8, 4) is 11.3 Å². The number of primary amides is 1. The van der Waals surface area contributed by atoms with Crippen molar-refractivity contribution in [2.75, 3.05) is 7.05 Å². The molecule has 11 nitrogen and oxygen atoms in total. The summed E-state index contributed by atoms with van der Waals surface area (Å²) >= 11 is 0. The van der Waals surface area contributed by atoms with E-state index in [9.17, 15) is 18.0 Å². The Labute approximate surface area is 295 Å². The van der Waals surface area contributed by atoms with Crippen molar-refractivity contribution in [2.24, 2.45) is 5.73 Å². The summed E-state index contributed by atoms with van der Waals surface area (Å²) < 4.78 is 34.7. The van der Waals surface area contributed by atoms with Gasteiger partial charge in [-0.05, 0) is 55.3 Å². The van der Waals surface area contributed by atoms with Gasteiger partial charge in [-0.3, -0.25) is 14.4 Å². The van der Waals surface area contributed by atoms with E-state index in [2.05, 4.69) is 10.1 Å². The van der Waals surface area contributed by atoms with Crippen LogP contribution in [0.2, 0.25) is 0 Å². The van der Waals surface area contributed by atoms with Gasteiger partial charge in [0.05, 0.1) is 4.90 Å². The number of aromatic nitrogens is 2. The van der Waals surface area contributed by atoms with Crippen molar-refractivity contribution in [1.29, 1.82) is 0 Å². The maximum Gasteiger partial charge on any atom is 0.267 e. The minimum Gasteiger partial charge on any atom is -0.368 e. The van der Waals surface area contributed by atoms with Gasteiger partial charge in [-0.15, -0.1) is 0 Å². The zero-order valence-electron chi connectivity index (χ0n) is 28.3. The molecule has 0 saturated carbocycles. The highest BCUT2D eigenvalue weighted by Gasteiger charge is 2.44. The first-order valence-corrected chi connectivity index (χ1v) is 17.7. The Morgan fingerprint density at radius 2 is 1.51 bits per heavy atom. The molecule has 0 saturated heterocycles. The molecule has 0 aliphatic carbocycles. The molecule has 6 rings (SSSR count). The van der Waals surface area contributed by atoms with Crippen LogP contribution in [0.1, 0.15) is 32.6 Å². The van der Waals surface area contributed by atoms with Gasteiger partial charge in [-0.25, -0.2) is 12.7 Å². The van der Waals surface area contributed by atoms with Crippen LogP contribution in [0.25, 0.3) is 22.2 Å². The molecule has 0 spiro atoms. The second kappa shape index (κ2) is 14.5. The van der Waals surface area contributed by atoms with Crippen molar-refractivity contribution < 1.29 is 27.3 Å². The third kappa shape index (κ3) is 7.31. The highest BCUT2D eigenvalue weighted by atomic mass is 32.2. The van der Waals surface area contributed by atoms with Crippen molar-refractivity contribution >= 4 is 38.6 Å². The number of carbonyl (C=O) groups is 3. The number of hydrogen-bond acceptors (Lipinski definition) is 7. The quantitative estimate of drug-likeness (QED) is 0.172. The molecule has 0 aliphatic heterocycles. The van der Waals surface area contributed by atoms with Crippen LogP contribution in [-0.2, 0) is 32.5 Å². The van der Waals surface area contributed by atoms with Gasteiger partial charge in [-0.2, -0.15) is 0 Å². The number of sulfonamides is 1. The highest BCUT2D eigenvalue weighted by molar-refractivity contribution is 7.89. The number of fused-ring (bicyclic) bond motifs is 1. The van der Waals surface area contributed by atoms with Gasteiger partial charge < -0.3 is 20.1 Å². The molecular weight excluding hydrogens is 667 g/mol. The van der Waals surface area contributed by atoms with Crippen LogP contribution in [-0.4, -0.2) is 64.6 Å². The summed E-state index contributed by atoms with van der Waals surface area (Å²) in [5.41, 5.74) is 11.4. The van der Waals surface area contributed by atoms with E-state index in [0.29, 0.717) is 26.7 Å². The average Bonchev–Trinajstić information content (AvgIpc) is 3.81. The standard InChI is InChI=1S/C39H37N5O6S/c1-25-19-26(2)21-29(20-25)38(46)43(3)36(22-27-13-15-28(16-14-27)33-17-18-50-42-33)39(47)44(51(48,49)31-9-5-4-6-10-31)35(37(40)45)23-30-24-41-34-12-8-7-11-32(30)34/h4-21,24,35-36,41H,22-23H2,1-3H3,(H2,40,45)/t35-,36-/m0/s1. The van der Waals surface area contributed by atoms with Crippen molar-refractivity contribution in [1.82, 2.24) is 19.3 Å². The first-order chi connectivity index (χ1) is 24.4. The third-order valence-corrected chi connectivity index (χ3v) is 10.7. The van der Waals surface area contributed by atoms with Gasteiger partial charge in [0, 0.05) is 54.2 Å². The number of nitrogens with two attached hydrogens (primary N) is 1. The molecule has 4 aromatic carbocycles. The van der Waals surface area contributed by atoms with Crippen LogP contribution in [0, 0.1) is 13.8 Å². The summed E-state index contributed by atoms with van der Waals surface area (Å²) in [6, 6.07) is 25.9. The lowest BCUT2D eigenvalue weighted by Crippen LogP contribution is -2.58. The summed E-state index contributed by atoms with van der Waals surface area (Å²) in [6.07, 6.45) is 2.84. The highest BCUT2D eigenvalue weighted by Crippen LogP contribution is 2.28.